The summed E-state index contributed by atoms with van der Waals surface area (Å²) in [6.07, 6.45) is 0. The fourth-order valence-electron chi connectivity index (χ4n) is 1.85. The Hall–Kier alpha value is -1.16. The van der Waals surface area contributed by atoms with E-state index in [1.807, 2.05) is 0 Å². The third-order valence-electron chi connectivity index (χ3n) is 2.53. The first kappa shape index (κ1) is 14.3. The molecule has 0 saturated carbocycles. The zero-order valence-corrected chi connectivity index (χ0v) is 11.3. The number of hydrogen-bond donors (Lipinski definition) is 3. The van der Waals surface area contributed by atoms with Crippen LogP contribution in [0.1, 0.15) is 5.56 Å². The van der Waals surface area contributed by atoms with Crippen molar-refractivity contribution >= 4 is 33.9 Å². The lowest BCUT2D eigenvalue weighted by molar-refractivity contribution is -0.432. The van der Waals surface area contributed by atoms with Gasteiger partial charge in [0.05, 0.1) is 16.9 Å². The highest BCUT2D eigenvalue weighted by molar-refractivity contribution is 7.94. The summed E-state index contributed by atoms with van der Waals surface area (Å²) in [4.78, 5) is 0.713. The number of aryl methyl sites for hydroxylation is 1. The highest BCUT2D eigenvalue weighted by atomic mass is 32.2. The van der Waals surface area contributed by atoms with E-state index in [9.17, 15) is 9.32 Å². The molecule has 1 atom stereocenters. The minimum Gasteiger partial charge on any atom is -0.507 e. The van der Waals surface area contributed by atoms with E-state index in [2.05, 4.69) is 9.37 Å². The van der Waals surface area contributed by atoms with Crippen molar-refractivity contribution in [2.75, 3.05) is 0 Å². The van der Waals surface area contributed by atoms with Crippen LogP contribution in [-0.4, -0.2) is 19.1 Å². The van der Waals surface area contributed by atoms with Crippen molar-refractivity contribution in [1.29, 1.82) is 0 Å². The second-order valence-electron chi connectivity index (χ2n) is 3.76. The molecule has 6 nitrogen and oxygen atoms in total. The Morgan fingerprint density at radius 2 is 2.00 bits per heavy atom. The molecule has 0 aromatic heterocycles. The number of aromatic hydroxyl groups is 1. The molecule has 2 aromatic rings. The maximum absolute atomic E-state index is 11.1. The maximum Gasteiger partial charge on any atom is 0.186 e. The Kier molecular flexibility index (Phi) is 4.40. The van der Waals surface area contributed by atoms with Crippen molar-refractivity contribution in [2.45, 2.75) is 16.7 Å². The Bertz CT molecular complexity index is 643. The van der Waals surface area contributed by atoms with Gasteiger partial charge in [-0.25, -0.2) is 9.47 Å². The van der Waals surface area contributed by atoms with Gasteiger partial charge in [0, 0.05) is 10.3 Å². The molecule has 0 heterocycles. The van der Waals surface area contributed by atoms with Crippen LogP contribution >= 0.6 is 12.0 Å². The Balaban J connectivity index is 2.60. The summed E-state index contributed by atoms with van der Waals surface area (Å²) in [5.41, 5.74) is 0.759. The fourth-order valence-corrected chi connectivity index (χ4v) is 2.80. The number of rotatable bonds is 4. The van der Waals surface area contributed by atoms with Gasteiger partial charge in [0.25, 0.3) is 0 Å². The molecule has 0 aliphatic rings. The smallest absolute Gasteiger partial charge is 0.186 e. The zero-order chi connectivity index (χ0) is 14.0. The van der Waals surface area contributed by atoms with Crippen LogP contribution in [0.3, 0.4) is 0 Å². The number of hydrogen-bond acceptors (Lipinski definition) is 6. The molecule has 19 heavy (non-hydrogen) atoms. The first-order chi connectivity index (χ1) is 9.02. The van der Waals surface area contributed by atoms with Crippen molar-refractivity contribution in [1.82, 2.24) is 0 Å². The first-order valence-corrected chi connectivity index (χ1v) is 6.90. The van der Waals surface area contributed by atoms with Gasteiger partial charge in [-0.15, -0.1) is 4.33 Å². The predicted molar refractivity (Wildman–Crippen MR) is 70.0 cm³/mol. The molecule has 3 N–H and O–H groups in total. The Labute approximate surface area is 115 Å². The third-order valence-corrected chi connectivity index (χ3v) is 3.73. The number of phenolic OH excluding ortho intramolecular Hbond substituents is 1. The van der Waals surface area contributed by atoms with Crippen LogP contribution in [0.15, 0.2) is 34.1 Å². The molecule has 8 heteroatoms. The van der Waals surface area contributed by atoms with E-state index < -0.39 is 11.1 Å². The summed E-state index contributed by atoms with van der Waals surface area (Å²) in [6, 6.07) is 6.12. The molecule has 0 radical (unpaired) electrons. The van der Waals surface area contributed by atoms with Gasteiger partial charge in [-0.3, -0.25) is 0 Å². The summed E-state index contributed by atoms with van der Waals surface area (Å²) < 4.78 is 24.5. The summed E-state index contributed by atoms with van der Waals surface area (Å²) in [6.45, 7) is 1.78. The van der Waals surface area contributed by atoms with Gasteiger partial charge in [0.1, 0.15) is 5.75 Å². The van der Waals surface area contributed by atoms with Gasteiger partial charge in [-0.05, 0) is 42.1 Å². The highest BCUT2D eigenvalue weighted by Gasteiger charge is 2.11. The van der Waals surface area contributed by atoms with Gasteiger partial charge < -0.3 is 9.66 Å². The average molecular weight is 302 g/mol. The van der Waals surface area contributed by atoms with Gasteiger partial charge in [0.2, 0.25) is 0 Å². The molecule has 0 saturated heterocycles. The minimum atomic E-state index is -2.18. The molecule has 0 amide bonds. The van der Waals surface area contributed by atoms with Crippen LogP contribution in [0.2, 0.25) is 0 Å². The monoisotopic (exact) mass is 302 g/mol. The van der Waals surface area contributed by atoms with E-state index in [1.54, 1.807) is 19.1 Å². The summed E-state index contributed by atoms with van der Waals surface area (Å²) in [7, 11) is 0. The lowest BCUT2D eigenvalue weighted by Crippen LogP contribution is -1.90. The quantitative estimate of drug-likeness (QED) is 0.346. The minimum absolute atomic E-state index is 0.0664. The van der Waals surface area contributed by atoms with Gasteiger partial charge in [-0.2, -0.15) is 0 Å². The fraction of sp³-hybridized carbons (Fsp3) is 0.0909. The van der Waals surface area contributed by atoms with E-state index in [0.29, 0.717) is 15.7 Å². The second kappa shape index (κ2) is 5.87. The maximum atomic E-state index is 11.1. The van der Waals surface area contributed by atoms with Gasteiger partial charge in [-0.1, -0.05) is 5.04 Å². The van der Waals surface area contributed by atoms with Crippen molar-refractivity contribution in [3.63, 3.8) is 0 Å². The molecule has 0 aliphatic heterocycles. The van der Waals surface area contributed by atoms with E-state index in [0.717, 1.165) is 17.6 Å². The van der Waals surface area contributed by atoms with Crippen LogP contribution in [-0.2, 0) is 20.5 Å². The molecule has 0 fully saturated rings. The van der Waals surface area contributed by atoms with Crippen LogP contribution in [0, 0.1) is 6.92 Å². The topological polar surface area (TPSA) is 96.2 Å². The highest BCUT2D eigenvalue weighted by Crippen LogP contribution is 2.34. The van der Waals surface area contributed by atoms with E-state index in [4.69, 9.17) is 9.81 Å². The van der Waals surface area contributed by atoms with E-state index in [1.165, 1.54) is 12.1 Å². The van der Waals surface area contributed by atoms with Crippen molar-refractivity contribution in [3.05, 3.63) is 29.8 Å². The van der Waals surface area contributed by atoms with Crippen molar-refractivity contribution in [2.24, 2.45) is 0 Å². The van der Waals surface area contributed by atoms with Crippen LogP contribution in [0.5, 0.6) is 5.75 Å². The summed E-state index contributed by atoms with van der Waals surface area (Å²) >= 11 is -1.40. The predicted octanol–water partition coefficient (Wildman–Crippen LogP) is 2.86. The third kappa shape index (κ3) is 3.06. The molecule has 2 rings (SSSR count). The molecular formula is C11H10O6S2. The Morgan fingerprint density at radius 1 is 1.26 bits per heavy atom. The van der Waals surface area contributed by atoms with Crippen molar-refractivity contribution < 1.29 is 28.5 Å². The summed E-state index contributed by atoms with van der Waals surface area (Å²) in [5.74, 6) is -0.0664. The van der Waals surface area contributed by atoms with Gasteiger partial charge >= 0.3 is 0 Å². The van der Waals surface area contributed by atoms with Crippen LogP contribution in [0.25, 0.3) is 10.8 Å². The number of fused-ring (bicyclic) bond motifs is 1. The molecular weight excluding hydrogens is 292 g/mol. The lowest BCUT2D eigenvalue weighted by Gasteiger charge is -2.09. The zero-order valence-electron chi connectivity index (χ0n) is 9.69. The molecule has 2 aromatic carbocycles. The standard InChI is InChI=1S/C11H10O6S2/c1-6-2-8(18-17-16-13)3-7-4-9(19(14)15)5-10(12)11(6)7/h2-5,12-13H,1H3,(H,14,15). The molecule has 1 unspecified atom stereocenters. The average Bonchev–Trinajstić information content (AvgIpc) is 2.35. The second-order valence-corrected chi connectivity index (χ2v) is 5.50. The van der Waals surface area contributed by atoms with E-state index >= 15 is 0 Å². The molecule has 0 aliphatic carbocycles. The normalized spacial score (nSPS) is 12.8. The molecule has 0 spiro atoms. The molecule has 102 valence electrons. The summed E-state index contributed by atoms with van der Waals surface area (Å²) in [5, 5.41) is 22.7. The van der Waals surface area contributed by atoms with Crippen molar-refractivity contribution in [3.8, 4) is 5.75 Å². The Morgan fingerprint density at radius 3 is 2.63 bits per heavy atom. The van der Waals surface area contributed by atoms with Crippen LogP contribution in [0.4, 0.5) is 0 Å². The lowest BCUT2D eigenvalue weighted by atomic mass is 10.0. The molecule has 0 bridgehead atoms. The van der Waals surface area contributed by atoms with E-state index in [-0.39, 0.29) is 10.6 Å². The number of phenols is 1. The largest absolute Gasteiger partial charge is 0.507 e. The SMILES string of the molecule is Cc1cc(SOOO)cc2cc(S(=O)O)cc(O)c12. The first-order valence-electron chi connectivity index (χ1n) is 5.06. The number of benzene rings is 2. The van der Waals surface area contributed by atoms with Gasteiger partial charge in [0.15, 0.2) is 11.1 Å². The van der Waals surface area contributed by atoms with Crippen LogP contribution < -0.4 is 0 Å².